The molecule has 0 saturated heterocycles. The van der Waals surface area contributed by atoms with Crippen molar-refractivity contribution in [2.24, 2.45) is 5.10 Å². The molecule has 11 heteroatoms. The molecule has 0 aliphatic heterocycles. The average molecular weight is 579 g/mol. The average Bonchev–Trinajstić information content (AvgIpc) is 3.24. The molecule has 1 heterocycles. The molecule has 1 N–H and O–H groups in total. The Hall–Kier alpha value is -4.64. The number of hydrazone groups is 1. The van der Waals surface area contributed by atoms with Gasteiger partial charge in [-0.05, 0) is 63.2 Å². The summed E-state index contributed by atoms with van der Waals surface area (Å²) in [6, 6.07) is 19.2. The number of methoxy groups -OCH3 is 2. The number of ether oxygens (including phenoxy) is 2. The monoisotopic (exact) mass is 578 g/mol. The molecule has 0 spiro atoms. The number of nitrogens with zero attached hydrogens (tertiary/aromatic N) is 3. The van der Waals surface area contributed by atoms with E-state index in [1.807, 2.05) is 26.8 Å². The molecule has 0 fully saturated rings. The van der Waals surface area contributed by atoms with Gasteiger partial charge in [0.15, 0.2) is 11.5 Å². The Morgan fingerprint density at radius 3 is 2.32 bits per heavy atom. The number of aromatic nitrogens is 1. The highest BCUT2D eigenvalue weighted by Crippen LogP contribution is 2.32. The maximum absolute atomic E-state index is 14.4. The number of benzene rings is 3. The number of amides is 1. The van der Waals surface area contributed by atoms with E-state index in [2.05, 4.69) is 10.5 Å². The highest BCUT2D eigenvalue weighted by atomic mass is 32.2. The number of anilines is 1. The Balaban J connectivity index is 1.59. The Morgan fingerprint density at radius 1 is 0.976 bits per heavy atom. The topological polar surface area (TPSA) is 102 Å². The van der Waals surface area contributed by atoms with Crippen molar-refractivity contribution < 1.29 is 27.1 Å². The molecule has 0 saturated carbocycles. The van der Waals surface area contributed by atoms with Crippen LogP contribution in [0.4, 0.5) is 10.1 Å². The lowest BCUT2D eigenvalue weighted by Gasteiger charge is -2.24. The molecule has 4 aromatic rings. The van der Waals surface area contributed by atoms with Gasteiger partial charge in [-0.2, -0.15) is 5.10 Å². The van der Waals surface area contributed by atoms with Crippen LogP contribution >= 0.6 is 0 Å². The van der Waals surface area contributed by atoms with Crippen LogP contribution in [0.5, 0.6) is 11.5 Å². The molecule has 0 aliphatic carbocycles. The van der Waals surface area contributed by atoms with Gasteiger partial charge in [-0.25, -0.2) is 18.2 Å². The first-order chi connectivity index (χ1) is 19.6. The van der Waals surface area contributed by atoms with E-state index in [0.29, 0.717) is 22.7 Å². The Morgan fingerprint density at radius 2 is 1.66 bits per heavy atom. The summed E-state index contributed by atoms with van der Waals surface area (Å²) in [7, 11) is -1.33. The summed E-state index contributed by atoms with van der Waals surface area (Å²) in [5.41, 5.74) is 6.22. The zero-order valence-electron chi connectivity index (χ0n) is 23.4. The van der Waals surface area contributed by atoms with Crippen LogP contribution in [-0.2, 0) is 14.8 Å². The standard InChI is InChI=1S/C30H31FN4O5S/c1-20-10-12-24(13-11-20)34(41(37,38)25-14-15-28(39-4)29(17-25)40-5)19-30(36)33-32-18-23-16-21(2)35(22(23)3)27-9-7-6-8-26(27)31/h6-18H,19H2,1-5H3,(H,33,36)/b32-18+. The van der Waals surface area contributed by atoms with Crippen LogP contribution in [0.25, 0.3) is 5.69 Å². The van der Waals surface area contributed by atoms with Gasteiger partial charge < -0.3 is 14.0 Å². The normalized spacial score (nSPS) is 11.5. The van der Waals surface area contributed by atoms with E-state index in [0.717, 1.165) is 21.3 Å². The van der Waals surface area contributed by atoms with Crippen LogP contribution in [0, 0.1) is 26.6 Å². The Kier molecular flexibility index (Phi) is 8.77. The lowest BCUT2D eigenvalue weighted by molar-refractivity contribution is -0.119. The molecule has 0 radical (unpaired) electrons. The Bertz CT molecular complexity index is 1700. The number of hydrogen-bond donors (Lipinski definition) is 1. The van der Waals surface area contributed by atoms with Crippen LogP contribution in [0.3, 0.4) is 0 Å². The molecule has 0 atom stereocenters. The van der Waals surface area contributed by atoms with Gasteiger partial charge >= 0.3 is 0 Å². The van der Waals surface area contributed by atoms with Crippen LogP contribution in [0.15, 0.2) is 82.8 Å². The van der Waals surface area contributed by atoms with Crippen LogP contribution in [0.1, 0.15) is 22.5 Å². The number of para-hydroxylation sites is 1. The van der Waals surface area contributed by atoms with E-state index in [1.54, 1.807) is 47.0 Å². The van der Waals surface area contributed by atoms with E-state index in [9.17, 15) is 17.6 Å². The van der Waals surface area contributed by atoms with E-state index in [4.69, 9.17) is 9.47 Å². The van der Waals surface area contributed by atoms with Crippen molar-refractivity contribution in [3.63, 3.8) is 0 Å². The minimum absolute atomic E-state index is 0.0763. The molecule has 1 amide bonds. The number of aryl methyl sites for hydroxylation is 2. The van der Waals surface area contributed by atoms with Crippen molar-refractivity contribution in [1.29, 1.82) is 0 Å². The first kappa shape index (κ1) is 29.3. The van der Waals surface area contributed by atoms with Gasteiger partial charge in [-0.3, -0.25) is 9.10 Å². The van der Waals surface area contributed by atoms with Gasteiger partial charge in [0.2, 0.25) is 0 Å². The second-order valence-electron chi connectivity index (χ2n) is 9.27. The number of carbonyl (C=O) groups excluding carboxylic acids is 1. The van der Waals surface area contributed by atoms with Crippen molar-refractivity contribution in [3.8, 4) is 17.2 Å². The molecular formula is C30H31FN4O5S. The summed E-state index contributed by atoms with van der Waals surface area (Å²) in [5.74, 6) is -0.416. The number of nitrogens with one attached hydrogen (secondary N) is 1. The van der Waals surface area contributed by atoms with Gasteiger partial charge in [-0.15, -0.1) is 0 Å². The highest BCUT2D eigenvalue weighted by molar-refractivity contribution is 7.92. The Labute approximate surface area is 238 Å². The summed E-state index contributed by atoms with van der Waals surface area (Å²) in [6.45, 7) is 5.00. The summed E-state index contributed by atoms with van der Waals surface area (Å²) in [5, 5.41) is 4.05. The van der Waals surface area contributed by atoms with Crippen molar-refractivity contribution in [3.05, 3.63) is 101 Å². The third-order valence-electron chi connectivity index (χ3n) is 6.51. The van der Waals surface area contributed by atoms with E-state index < -0.39 is 22.5 Å². The van der Waals surface area contributed by atoms with E-state index >= 15 is 0 Å². The lowest BCUT2D eigenvalue weighted by atomic mass is 10.2. The van der Waals surface area contributed by atoms with Gasteiger partial charge in [0.1, 0.15) is 12.4 Å². The number of halogens is 1. The number of hydrogen-bond acceptors (Lipinski definition) is 6. The lowest BCUT2D eigenvalue weighted by Crippen LogP contribution is -2.39. The largest absolute Gasteiger partial charge is 0.493 e. The number of carbonyl (C=O) groups is 1. The fraction of sp³-hybridized carbons (Fsp3) is 0.200. The van der Waals surface area contributed by atoms with Gasteiger partial charge in [-0.1, -0.05) is 29.8 Å². The third kappa shape index (κ3) is 6.25. The molecule has 0 aliphatic rings. The third-order valence-corrected chi connectivity index (χ3v) is 8.28. The fourth-order valence-corrected chi connectivity index (χ4v) is 5.83. The molecule has 214 valence electrons. The minimum atomic E-state index is -4.19. The predicted octanol–water partition coefficient (Wildman–Crippen LogP) is 4.90. The maximum Gasteiger partial charge on any atom is 0.264 e. The van der Waals surface area contributed by atoms with Crippen LogP contribution in [-0.4, -0.2) is 45.9 Å². The number of sulfonamides is 1. The second-order valence-corrected chi connectivity index (χ2v) is 11.1. The van der Waals surface area contributed by atoms with Crippen molar-refractivity contribution >= 4 is 27.8 Å². The van der Waals surface area contributed by atoms with Gasteiger partial charge in [0, 0.05) is 23.0 Å². The SMILES string of the molecule is COc1ccc(S(=O)(=O)N(CC(=O)N/N=C/c2cc(C)n(-c3ccccc3F)c2C)c2ccc(C)cc2)cc1OC. The van der Waals surface area contributed by atoms with Gasteiger partial charge in [0.25, 0.3) is 15.9 Å². The van der Waals surface area contributed by atoms with Crippen LogP contribution < -0.4 is 19.2 Å². The zero-order chi connectivity index (χ0) is 29.7. The molecule has 3 aromatic carbocycles. The van der Waals surface area contributed by atoms with Crippen molar-refractivity contribution in [2.75, 3.05) is 25.1 Å². The highest BCUT2D eigenvalue weighted by Gasteiger charge is 2.28. The first-order valence-electron chi connectivity index (χ1n) is 12.6. The molecule has 0 bridgehead atoms. The molecule has 0 unspecified atom stereocenters. The van der Waals surface area contributed by atoms with E-state index in [1.165, 1.54) is 44.7 Å². The molecule has 9 nitrogen and oxygen atoms in total. The number of rotatable bonds is 10. The molecule has 41 heavy (non-hydrogen) atoms. The molecule has 4 rings (SSSR count). The zero-order valence-corrected chi connectivity index (χ0v) is 24.2. The summed E-state index contributed by atoms with van der Waals surface area (Å²) in [4.78, 5) is 12.9. The smallest absolute Gasteiger partial charge is 0.264 e. The summed E-state index contributed by atoms with van der Waals surface area (Å²) in [6.07, 6.45) is 1.44. The van der Waals surface area contributed by atoms with Crippen molar-refractivity contribution in [2.45, 2.75) is 25.7 Å². The van der Waals surface area contributed by atoms with Crippen molar-refractivity contribution in [1.82, 2.24) is 9.99 Å². The minimum Gasteiger partial charge on any atom is -0.493 e. The summed E-state index contributed by atoms with van der Waals surface area (Å²) >= 11 is 0. The van der Waals surface area contributed by atoms with Crippen LogP contribution in [0.2, 0.25) is 0 Å². The molecule has 1 aromatic heterocycles. The predicted molar refractivity (Wildman–Crippen MR) is 156 cm³/mol. The summed E-state index contributed by atoms with van der Waals surface area (Å²) < 4.78 is 55.1. The molecular weight excluding hydrogens is 547 g/mol. The maximum atomic E-state index is 14.4. The quantitative estimate of drug-likeness (QED) is 0.213. The fourth-order valence-electron chi connectivity index (χ4n) is 4.39. The second kappa shape index (κ2) is 12.3. The van der Waals surface area contributed by atoms with Gasteiger partial charge in [0.05, 0.1) is 36.7 Å². The first-order valence-corrected chi connectivity index (χ1v) is 14.1. The van der Waals surface area contributed by atoms with E-state index in [-0.39, 0.29) is 16.5 Å².